The summed E-state index contributed by atoms with van der Waals surface area (Å²) in [6.45, 7) is 1.92. The first-order valence-corrected chi connectivity index (χ1v) is 3.41. The molecule has 2 aliphatic rings. The zero-order chi connectivity index (χ0) is 7.14. The molecule has 0 radical (unpaired) electrons. The lowest BCUT2D eigenvalue weighted by Gasteiger charge is -2.40. The molecule has 1 amide bonds. The highest BCUT2D eigenvalue weighted by Gasteiger charge is 2.44. The Morgan fingerprint density at radius 3 is 3.00 bits per heavy atom. The Morgan fingerprint density at radius 2 is 2.50 bits per heavy atom. The highest BCUT2D eigenvalue weighted by molar-refractivity contribution is 5.87. The van der Waals surface area contributed by atoms with Crippen molar-refractivity contribution in [3.8, 4) is 0 Å². The van der Waals surface area contributed by atoms with Gasteiger partial charge in [0, 0.05) is 0 Å². The van der Waals surface area contributed by atoms with Crippen LogP contribution in [0.3, 0.4) is 0 Å². The third-order valence-electron chi connectivity index (χ3n) is 2.08. The van der Waals surface area contributed by atoms with Crippen molar-refractivity contribution in [1.29, 1.82) is 0 Å². The summed E-state index contributed by atoms with van der Waals surface area (Å²) in [6.07, 6.45) is 3.58. The molecule has 2 heterocycles. The van der Waals surface area contributed by atoms with Crippen LogP contribution in [0.15, 0.2) is 12.3 Å². The summed E-state index contributed by atoms with van der Waals surface area (Å²) in [7, 11) is 0. The molecule has 0 aliphatic carbocycles. The van der Waals surface area contributed by atoms with E-state index in [0.717, 1.165) is 0 Å². The van der Waals surface area contributed by atoms with Crippen molar-refractivity contribution in [3.63, 3.8) is 0 Å². The monoisotopic (exact) mass is 139 g/mol. The third-order valence-corrected chi connectivity index (χ3v) is 2.08. The van der Waals surface area contributed by atoms with Gasteiger partial charge in [0.05, 0.1) is 18.2 Å². The first-order chi connectivity index (χ1) is 4.79. The van der Waals surface area contributed by atoms with E-state index in [0.29, 0.717) is 0 Å². The highest BCUT2D eigenvalue weighted by atomic mass is 16.5. The maximum atomic E-state index is 10.9. The Labute approximate surface area is 59.1 Å². The van der Waals surface area contributed by atoms with Crippen LogP contribution in [0.25, 0.3) is 0 Å². The van der Waals surface area contributed by atoms with E-state index in [9.17, 15) is 4.79 Å². The van der Waals surface area contributed by atoms with Crippen molar-refractivity contribution >= 4 is 5.91 Å². The van der Waals surface area contributed by atoms with Crippen molar-refractivity contribution in [2.45, 2.75) is 19.1 Å². The lowest BCUT2D eigenvalue weighted by atomic mass is 9.85. The number of nitrogens with one attached hydrogen (secondary N) is 1. The van der Waals surface area contributed by atoms with Crippen LogP contribution in [0.4, 0.5) is 0 Å². The summed E-state index contributed by atoms with van der Waals surface area (Å²) < 4.78 is 5.14. The average molecular weight is 139 g/mol. The van der Waals surface area contributed by atoms with E-state index in [1.54, 1.807) is 6.26 Å². The molecule has 0 aromatic heterocycles. The Hall–Kier alpha value is -0.990. The van der Waals surface area contributed by atoms with E-state index in [1.165, 1.54) is 0 Å². The van der Waals surface area contributed by atoms with Crippen molar-refractivity contribution in [2.75, 3.05) is 0 Å². The second kappa shape index (κ2) is 1.75. The van der Waals surface area contributed by atoms with E-state index < -0.39 is 0 Å². The predicted molar refractivity (Wildman–Crippen MR) is 35.1 cm³/mol. The first-order valence-electron chi connectivity index (χ1n) is 3.41. The zero-order valence-electron chi connectivity index (χ0n) is 5.70. The van der Waals surface area contributed by atoms with Crippen LogP contribution in [0, 0.1) is 5.92 Å². The predicted octanol–water partition coefficient (Wildman–Crippen LogP) is 0.0334. The largest absolute Gasteiger partial charge is 0.498 e. The van der Waals surface area contributed by atoms with E-state index in [2.05, 4.69) is 5.32 Å². The molecule has 0 aromatic rings. The second-order valence-corrected chi connectivity index (χ2v) is 2.73. The molecule has 1 fully saturated rings. The van der Waals surface area contributed by atoms with E-state index >= 15 is 0 Å². The summed E-state index contributed by atoms with van der Waals surface area (Å²) in [5.41, 5.74) is 0. The fraction of sp³-hybridized carbons (Fsp3) is 0.571. The summed E-state index contributed by atoms with van der Waals surface area (Å²) in [4.78, 5) is 10.9. The topological polar surface area (TPSA) is 38.3 Å². The Balaban J connectivity index is 2.19. The van der Waals surface area contributed by atoms with Crippen LogP contribution in [0.5, 0.6) is 0 Å². The van der Waals surface area contributed by atoms with Gasteiger partial charge in [-0.25, -0.2) is 0 Å². The van der Waals surface area contributed by atoms with Crippen LogP contribution in [-0.2, 0) is 9.53 Å². The Bertz CT molecular complexity index is 200. The number of β-lactam (4-membered cyclic amide) rings is 1. The molecule has 1 N–H and O–H groups in total. The minimum Gasteiger partial charge on any atom is -0.498 e. The van der Waals surface area contributed by atoms with E-state index in [-0.39, 0.29) is 24.0 Å². The van der Waals surface area contributed by atoms with E-state index in [4.69, 9.17) is 4.74 Å². The second-order valence-electron chi connectivity index (χ2n) is 2.73. The van der Waals surface area contributed by atoms with Gasteiger partial charge in [-0.3, -0.25) is 4.79 Å². The van der Waals surface area contributed by atoms with Crippen LogP contribution in [0.1, 0.15) is 6.92 Å². The molecule has 0 bridgehead atoms. The van der Waals surface area contributed by atoms with Gasteiger partial charge in [0.1, 0.15) is 6.10 Å². The minimum absolute atomic E-state index is 0.0451. The van der Waals surface area contributed by atoms with Gasteiger partial charge < -0.3 is 10.1 Å². The number of carbonyl (C=O) groups excluding carboxylic acids is 1. The summed E-state index contributed by atoms with van der Waals surface area (Å²) in [6, 6.07) is 0.233. The molecular formula is C7H9NO2. The lowest BCUT2D eigenvalue weighted by Crippen LogP contribution is -2.62. The quantitative estimate of drug-likeness (QED) is 0.481. The summed E-state index contributed by atoms with van der Waals surface area (Å²) in [5.74, 6) is 0.173. The van der Waals surface area contributed by atoms with Gasteiger partial charge in [0.25, 0.3) is 0 Å². The molecule has 2 rings (SSSR count). The van der Waals surface area contributed by atoms with Crippen LogP contribution in [-0.4, -0.2) is 18.1 Å². The smallest absolute Gasteiger partial charge is 0.229 e. The number of hydrogen-bond acceptors (Lipinski definition) is 2. The molecule has 0 spiro atoms. The molecular weight excluding hydrogens is 130 g/mol. The number of fused-ring (bicyclic) bond motifs is 1. The standard InChI is InChI=1S/C7H9NO2/c1-4-6-5(2-3-10-4)8-7(6)9/h2-6H,1H3,(H,8,9)/t4-,5-,6+/m0/s1. The van der Waals surface area contributed by atoms with Crippen molar-refractivity contribution < 1.29 is 9.53 Å². The van der Waals surface area contributed by atoms with Crippen molar-refractivity contribution in [3.05, 3.63) is 12.3 Å². The van der Waals surface area contributed by atoms with Gasteiger partial charge in [-0.15, -0.1) is 0 Å². The fourth-order valence-electron chi connectivity index (χ4n) is 1.43. The number of ether oxygens (including phenoxy) is 1. The number of carbonyl (C=O) groups is 1. The minimum atomic E-state index is 0.0451. The van der Waals surface area contributed by atoms with Crippen LogP contribution >= 0.6 is 0 Å². The Morgan fingerprint density at radius 1 is 1.70 bits per heavy atom. The van der Waals surface area contributed by atoms with Crippen LogP contribution in [0.2, 0.25) is 0 Å². The molecule has 3 atom stereocenters. The summed E-state index contributed by atoms with van der Waals surface area (Å²) >= 11 is 0. The first kappa shape index (κ1) is 5.77. The maximum Gasteiger partial charge on any atom is 0.229 e. The molecule has 54 valence electrons. The van der Waals surface area contributed by atoms with Gasteiger partial charge in [-0.1, -0.05) is 0 Å². The van der Waals surface area contributed by atoms with E-state index in [1.807, 2.05) is 13.0 Å². The highest BCUT2D eigenvalue weighted by Crippen LogP contribution is 2.25. The maximum absolute atomic E-state index is 10.9. The number of amides is 1. The van der Waals surface area contributed by atoms with Gasteiger partial charge in [0.15, 0.2) is 0 Å². The molecule has 2 aliphatic heterocycles. The van der Waals surface area contributed by atoms with Gasteiger partial charge in [-0.2, -0.15) is 0 Å². The SMILES string of the molecule is C[C@@H]1OC=C[C@@H]2NC(=O)[C@@H]21. The number of hydrogen-bond donors (Lipinski definition) is 1. The van der Waals surface area contributed by atoms with Crippen LogP contribution < -0.4 is 5.32 Å². The molecule has 3 heteroatoms. The van der Waals surface area contributed by atoms with Crippen molar-refractivity contribution in [2.24, 2.45) is 5.92 Å². The normalized spacial score (nSPS) is 42.9. The van der Waals surface area contributed by atoms with Gasteiger partial charge in [-0.05, 0) is 13.0 Å². The molecule has 3 nitrogen and oxygen atoms in total. The van der Waals surface area contributed by atoms with Gasteiger partial charge >= 0.3 is 0 Å². The van der Waals surface area contributed by atoms with Crippen molar-refractivity contribution in [1.82, 2.24) is 5.32 Å². The van der Waals surface area contributed by atoms with Gasteiger partial charge in [0.2, 0.25) is 5.91 Å². The molecule has 1 saturated heterocycles. The average Bonchev–Trinajstić information content (AvgIpc) is 1.85. The molecule has 0 saturated carbocycles. The number of rotatable bonds is 0. The fourth-order valence-corrected chi connectivity index (χ4v) is 1.43. The molecule has 0 unspecified atom stereocenters. The zero-order valence-corrected chi connectivity index (χ0v) is 5.70. The Kier molecular flexibility index (Phi) is 1.01. The lowest BCUT2D eigenvalue weighted by molar-refractivity contribution is -0.140. The molecule has 10 heavy (non-hydrogen) atoms. The summed E-state index contributed by atoms with van der Waals surface area (Å²) in [5, 5.41) is 2.77. The molecule has 0 aromatic carbocycles. The third kappa shape index (κ3) is 0.574.